The number of nitrogens with zero attached hydrogens (tertiary/aromatic N) is 1. The van der Waals surface area contributed by atoms with Crippen LogP contribution in [0, 0.1) is 6.92 Å². The first-order valence-electron chi connectivity index (χ1n) is 6.05. The van der Waals surface area contributed by atoms with Gasteiger partial charge in [0.2, 0.25) is 10.0 Å². The van der Waals surface area contributed by atoms with Crippen LogP contribution in [0.3, 0.4) is 0 Å². The summed E-state index contributed by atoms with van der Waals surface area (Å²) in [5, 5.41) is 0. The van der Waals surface area contributed by atoms with Crippen LogP contribution in [0.5, 0.6) is 5.75 Å². The first-order valence-corrected chi connectivity index (χ1v) is 7.53. The van der Waals surface area contributed by atoms with Crippen LogP contribution in [-0.4, -0.2) is 45.6 Å². The fraction of sp³-hybridized carbons (Fsp3) is 0.417. The number of primary amides is 1. The van der Waals surface area contributed by atoms with Crippen molar-refractivity contribution in [2.45, 2.75) is 17.9 Å². The summed E-state index contributed by atoms with van der Waals surface area (Å²) in [5.41, 5.74) is 5.94. The number of sulfonamides is 1. The number of methoxy groups -OCH3 is 1. The maximum atomic E-state index is 12.2. The average molecular weight is 299 g/mol. The van der Waals surface area contributed by atoms with E-state index in [1.807, 2.05) is 6.92 Å². The number of ether oxygens (including phenoxy) is 1. The van der Waals surface area contributed by atoms with Crippen LogP contribution >= 0.6 is 0 Å². The Balaban J connectivity index is 2.10. The van der Waals surface area contributed by atoms with Gasteiger partial charge >= 0.3 is 6.03 Å². The zero-order chi connectivity index (χ0) is 14.9. The number of carbonyl (C=O) groups excluding carboxylic acids is 1. The van der Waals surface area contributed by atoms with Crippen LogP contribution in [0.2, 0.25) is 0 Å². The predicted molar refractivity (Wildman–Crippen MR) is 73.0 cm³/mol. The molecule has 7 nitrogen and oxygen atoms in total. The van der Waals surface area contributed by atoms with Crippen LogP contribution in [0.1, 0.15) is 5.56 Å². The molecule has 0 bridgehead atoms. The fourth-order valence-corrected chi connectivity index (χ4v) is 3.22. The van der Waals surface area contributed by atoms with Gasteiger partial charge in [-0.15, -0.1) is 0 Å². The molecule has 2 rings (SSSR count). The van der Waals surface area contributed by atoms with E-state index in [0.29, 0.717) is 5.75 Å². The third-order valence-corrected chi connectivity index (χ3v) is 4.72. The Morgan fingerprint density at radius 1 is 1.45 bits per heavy atom. The molecule has 1 fully saturated rings. The highest BCUT2D eigenvalue weighted by atomic mass is 32.2. The van der Waals surface area contributed by atoms with E-state index in [1.165, 1.54) is 24.1 Å². The number of aryl methyl sites for hydroxylation is 1. The number of amides is 2. The molecule has 3 N–H and O–H groups in total. The largest absolute Gasteiger partial charge is 0.496 e. The van der Waals surface area contributed by atoms with Crippen molar-refractivity contribution >= 4 is 16.1 Å². The first kappa shape index (κ1) is 14.6. The number of nitrogens with one attached hydrogen (secondary N) is 1. The summed E-state index contributed by atoms with van der Waals surface area (Å²) < 4.78 is 32.0. The summed E-state index contributed by atoms with van der Waals surface area (Å²) in [6, 6.07) is 3.83. The zero-order valence-electron chi connectivity index (χ0n) is 11.3. The third-order valence-electron chi connectivity index (χ3n) is 3.20. The highest BCUT2D eigenvalue weighted by Gasteiger charge is 2.32. The minimum absolute atomic E-state index is 0.137. The number of urea groups is 1. The van der Waals surface area contributed by atoms with E-state index < -0.39 is 16.1 Å². The van der Waals surface area contributed by atoms with E-state index >= 15 is 0 Å². The molecule has 2 amide bonds. The monoisotopic (exact) mass is 299 g/mol. The van der Waals surface area contributed by atoms with Gasteiger partial charge in [0, 0.05) is 19.2 Å². The van der Waals surface area contributed by atoms with E-state index in [9.17, 15) is 13.2 Å². The summed E-state index contributed by atoms with van der Waals surface area (Å²) >= 11 is 0. The Morgan fingerprint density at radius 3 is 2.65 bits per heavy atom. The van der Waals surface area contributed by atoms with Gasteiger partial charge in [-0.2, -0.15) is 0 Å². The standard InChI is InChI=1S/C12H17N3O4S/c1-8-3-4-10(5-11(8)19-2)20(17,18)14-9-6-15(7-9)12(13)16/h3-5,9,14H,6-7H2,1-2H3,(H2,13,16). The van der Waals surface area contributed by atoms with Crippen LogP contribution in [0.4, 0.5) is 4.79 Å². The summed E-state index contributed by atoms with van der Waals surface area (Å²) in [7, 11) is -2.14. The molecule has 0 radical (unpaired) electrons. The molecule has 1 aromatic rings. The van der Waals surface area contributed by atoms with Crippen LogP contribution in [-0.2, 0) is 10.0 Å². The van der Waals surface area contributed by atoms with Gasteiger partial charge < -0.3 is 15.4 Å². The lowest BCUT2D eigenvalue weighted by Gasteiger charge is -2.37. The number of hydrogen-bond donors (Lipinski definition) is 2. The quantitative estimate of drug-likeness (QED) is 0.819. The van der Waals surface area contributed by atoms with Crippen molar-refractivity contribution in [3.63, 3.8) is 0 Å². The lowest BCUT2D eigenvalue weighted by molar-refractivity contribution is 0.155. The molecule has 1 aromatic carbocycles. The van der Waals surface area contributed by atoms with Gasteiger partial charge in [0.25, 0.3) is 0 Å². The fourth-order valence-electron chi connectivity index (χ4n) is 1.99. The second-order valence-electron chi connectivity index (χ2n) is 4.69. The Morgan fingerprint density at radius 2 is 2.10 bits per heavy atom. The van der Waals surface area contributed by atoms with E-state index in [0.717, 1.165) is 5.56 Å². The molecule has 0 unspecified atom stereocenters. The van der Waals surface area contributed by atoms with E-state index in [1.54, 1.807) is 6.07 Å². The number of carbonyl (C=O) groups is 1. The van der Waals surface area contributed by atoms with Crippen molar-refractivity contribution in [3.05, 3.63) is 23.8 Å². The van der Waals surface area contributed by atoms with Crippen molar-refractivity contribution in [1.29, 1.82) is 0 Å². The van der Waals surface area contributed by atoms with Gasteiger partial charge in [-0.3, -0.25) is 0 Å². The van der Waals surface area contributed by atoms with Gasteiger partial charge in [0.15, 0.2) is 0 Å². The normalized spacial score (nSPS) is 15.8. The van der Waals surface area contributed by atoms with E-state index in [2.05, 4.69) is 4.72 Å². The number of rotatable bonds is 4. The van der Waals surface area contributed by atoms with E-state index in [4.69, 9.17) is 10.5 Å². The summed E-state index contributed by atoms with van der Waals surface area (Å²) in [4.78, 5) is 12.3. The van der Waals surface area contributed by atoms with Crippen molar-refractivity contribution in [2.75, 3.05) is 20.2 Å². The molecule has 0 aliphatic carbocycles. The summed E-state index contributed by atoms with van der Waals surface area (Å²) in [6.07, 6.45) is 0. The minimum Gasteiger partial charge on any atom is -0.496 e. The second-order valence-corrected chi connectivity index (χ2v) is 6.41. The molecule has 0 saturated carbocycles. The molecule has 1 aliphatic heterocycles. The molecular formula is C12H17N3O4S. The van der Waals surface area contributed by atoms with Crippen LogP contribution < -0.4 is 15.2 Å². The zero-order valence-corrected chi connectivity index (χ0v) is 12.1. The predicted octanol–water partition coefficient (Wildman–Crippen LogP) is 0.0448. The first-order chi connectivity index (χ1) is 9.33. The van der Waals surface area contributed by atoms with E-state index in [-0.39, 0.29) is 24.0 Å². The van der Waals surface area contributed by atoms with Crippen LogP contribution in [0.15, 0.2) is 23.1 Å². The Hall–Kier alpha value is -1.80. The van der Waals surface area contributed by atoms with Crippen molar-refractivity contribution < 1.29 is 17.9 Å². The van der Waals surface area contributed by atoms with Crippen molar-refractivity contribution in [3.8, 4) is 5.75 Å². The van der Waals surface area contributed by atoms with Gasteiger partial charge in [-0.25, -0.2) is 17.9 Å². The molecule has 20 heavy (non-hydrogen) atoms. The van der Waals surface area contributed by atoms with Gasteiger partial charge in [0.05, 0.1) is 18.0 Å². The number of nitrogens with two attached hydrogens (primary N) is 1. The average Bonchev–Trinajstić information content (AvgIpc) is 2.33. The lowest BCUT2D eigenvalue weighted by Crippen LogP contribution is -2.62. The smallest absolute Gasteiger partial charge is 0.314 e. The molecule has 110 valence electrons. The molecule has 0 atom stereocenters. The summed E-state index contributed by atoms with van der Waals surface area (Å²) in [5.74, 6) is 0.514. The Bertz CT molecular complexity index is 624. The van der Waals surface area contributed by atoms with Gasteiger partial charge in [0.1, 0.15) is 5.75 Å². The molecular weight excluding hydrogens is 282 g/mol. The number of likely N-dealkylation sites (tertiary alicyclic amines) is 1. The topological polar surface area (TPSA) is 102 Å². The minimum atomic E-state index is -3.63. The molecule has 1 heterocycles. The maximum absolute atomic E-state index is 12.2. The second kappa shape index (κ2) is 5.29. The highest BCUT2D eigenvalue weighted by Crippen LogP contribution is 2.22. The molecule has 1 aliphatic rings. The maximum Gasteiger partial charge on any atom is 0.314 e. The molecule has 0 spiro atoms. The Kier molecular flexibility index (Phi) is 3.87. The molecule has 1 saturated heterocycles. The number of benzene rings is 1. The number of hydrogen-bond acceptors (Lipinski definition) is 4. The van der Waals surface area contributed by atoms with Gasteiger partial charge in [-0.05, 0) is 18.6 Å². The molecule has 0 aromatic heterocycles. The lowest BCUT2D eigenvalue weighted by atomic mass is 10.1. The van der Waals surface area contributed by atoms with Crippen molar-refractivity contribution in [1.82, 2.24) is 9.62 Å². The SMILES string of the molecule is COc1cc(S(=O)(=O)NC2CN(C(N)=O)C2)ccc1C. The summed E-state index contributed by atoms with van der Waals surface area (Å²) in [6.45, 7) is 2.41. The highest BCUT2D eigenvalue weighted by molar-refractivity contribution is 7.89. The van der Waals surface area contributed by atoms with Crippen molar-refractivity contribution in [2.24, 2.45) is 5.73 Å². The Labute approximate surface area is 117 Å². The van der Waals surface area contributed by atoms with Crippen LogP contribution in [0.25, 0.3) is 0 Å². The molecule has 8 heteroatoms. The third kappa shape index (κ3) is 2.86. The van der Waals surface area contributed by atoms with Gasteiger partial charge in [-0.1, -0.05) is 6.07 Å².